The molecule has 1 aromatic heterocycles. The van der Waals surface area contributed by atoms with Gasteiger partial charge in [0.2, 0.25) is 0 Å². The molecule has 0 aliphatic rings. The van der Waals surface area contributed by atoms with Crippen LogP contribution in [-0.2, 0) is 6.54 Å². The third-order valence-corrected chi connectivity index (χ3v) is 3.33. The molecule has 1 unspecified atom stereocenters. The highest BCUT2D eigenvalue weighted by Crippen LogP contribution is 2.15. The molecule has 2 aromatic rings. The van der Waals surface area contributed by atoms with Crippen molar-refractivity contribution in [3.8, 4) is 0 Å². The second kappa shape index (κ2) is 7.86. The number of carbonyl (C=O) groups excluding carboxylic acids is 1. The van der Waals surface area contributed by atoms with Crippen molar-refractivity contribution in [3.05, 3.63) is 59.0 Å². The minimum Gasteiger partial charge on any atom is -0.467 e. The number of carbonyl (C=O) groups is 1. The summed E-state index contributed by atoms with van der Waals surface area (Å²) in [6.07, 6.45) is 1.44. The van der Waals surface area contributed by atoms with E-state index in [9.17, 15) is 4.79 Å². The Morgan fingerprint density at radius 1 is 1.33 bits per heavy atom. The zero-order chi connectivity index (χ0) is 14.5. The standard InChI is InChI=1S/C16H20N2O2.ClH/c1-11-3-5-13(6-4-11)12(2)9-18-16(19)14-7-15(8-17)20-10-14;/h3-7,10,12H,8-9,17H2,1-2H3,(H,18,19);1H. The second-order valence-corrected chi connectivity index (χ2v) is 5.03. The van der Waals surface area contributed by atoms with Crippen molar-refractivity contribution in [2.45, 2.75) is 26.3 Å². The molecule has 1 aromatic carbocycles. The van der Waals surface area contributed by atoms with Crippen LogP contribution in [-0.4, -0.2) is 12.5 Å². The number of halogens is 1. The predicted octanol–water partition coefficient (Wildman–Crippen LogP) is 3.00. The summed E-state index contributed by atoms with van der Waals surface area (Å²) in [4.78, 5) is 12.0. The van der Waals surface area contributed by atoms with Gasteiger partial charge < -0.3 is 15.5 Å². The van der Waals surface area contributed by atoms with E-state index in [1.165, 1.54) is 17.4 Å². The van der Waals surface area contributed by atoms with Crippen molar-refractivity contribution in [2.24, 2.45) is 5.73 Å². The monoisotopic (exact) mass is 308 g/mol. The van der Waals surface area contributed by atoms with E-state index >= 15 is 0 Å². The molecular formula is C16H21ClN2O2. The molecule has 5 heteroatoms. The first kappa shape index (κ1) is 17.3. The highest BCUT2D eigenvalue weighted by molar-refractivity contribution is 5.94. The van der Waals surface area contributed by atoms with Crippen LogP contribution in [0.5, 0.6) is 0 Å². The number of hydrogen-bond acceptors (Lipinski definition) is 3. The van der Waals surface area contributed by atoms with Gasteiger partial charge in [-0.25, -0.2) is 0 Å². The Morgan fingerprint density at radius 3 is 2.57 bits per heavy atom. The average Bonchev–Trinajstić information content (AvgIpc) is 2.94. The lowest BCUT2D eigenvalue weighted by molar-refractivity contribution is 0.0951. The number of rotatable bonds is 5. The number of nitrogens with one attached hydrogen (secondary N) is 1. The molecule has 0 bridgehead atoms. The largest absolute Gasteiger partial charge is 0.467 e. The van der Waals surface area contributed by atoms with Crippen molar-refractivity contribution in [1.82, 2.24) is 5.32 Å². The Hall–Kier alpha value is -1.78. The number of benzene rings is 1. The van der Waals surface area contributed by atoms with Crippen LogP contribution in [0.4, 0.5) is 0 Å². The maximum absolute atomic E-state index is 12.0. The highest BCUT2D eigenvalue weighted by atomic mass is 35.5. The number of aryl methyl sites for hydroxylation is 1. The maximum atomic E-state index is 12.0. The van der Waals surface area contributed by atoms with Crippen LogP contribution in [0, 0.1) is 6.92 Å². The lowest BCUT2D eigenvalue weighted by Crippen LogP contribution is -2.27. The molecule has 1 atom stereocenters. The van der Waals surface area contributed by atoms with E-state index < -0.39 is 0 Å². The van der Waals surface area contributed by atoms with Gasteiger partial charge in [0.05, 0.1) is 12.1 Å². The fourth-order valence-corrected chi connectivity index (χ4v) is 1.97. The molecule has 114 valence electrons. The van der Waals surface area contributed by atoms with E-state index in [-0.39, 0.29) is 24.2 Å². The first-order valence-electron chi connectivity index (χ1n) is 6.72. The van der Waals surface area contributed by atoms with Crippen LogP contribution in [0.15, 0.2) is 41.0 Å². The second-order valence-electron chi connectivity index (χ2n) is 5.03. The summed E-state index contributed by atoms with van der Waals surface area (Å²) in [7, 11) is 0. The molecule has 0 saturated carbocycles. The van der Waals surface area contributed by atoms with Crippen LogP contribution in [0.25, 0.3) is 0 Å². The molecule has 21 heavy (non-hydrogen) atoms. The Balaban J connectivity index is 0.00000220. The smallest absolute Gasteiger partial charge is 0.254 e. The molecule has 4 nitrogen and oxygen atoms in total. The van der Waals surface area contributed by atoms with Gasteiger partial charge in [0.1, 0.15) is 12.0 Å². The van der Waals surface area contributed by atoms with Gasteiger partial charge in [-0.2, -0.15) is 0 Å². The third kappa shape index (κ3) is 4.62. The lowest BCUT2D eigenvalue weighted by Gasteiger charge is -2.13. The van der Waals surface area contributed by atoms with Gasteiger partial charge in [0, 0.05) is 6.54 Å². The predicted molar refractivity (Wildman–Crippen MR) is 85.8 cm³/mol. The maximum Gasteiger partial charge on any atom is 0.254 e. The third-order valence-electron chi connectivity index (χ3n) is 3.33. The molecule has 1 amide bonds. The molecule has 0 aliphatic heterocycles. The normalized spacial score (nSPS) is 11.6. The minimum absolute atomic E-state index is 0. The zero-order valence-corrected chi connectivity index (χ0v) is 13.1. The molecule has 3 N–H and O–H groups in total. The molecule has 0 radical (unpaired) electrons. The number of furan rings is 1. The summed E-state index contributed by atoms with van der Waals surface area (Å²) in [5, 5.41) is 2.91. The van der Waals surface area contributed by atoms with Gasteiger partial charge in [0.25, 0.3) is 5.91 Å². The van der Waals surface area contributed by atoms with E-state index in [4.69, 9.17) is 10.2 Å². The van der Waals surface area contributed by atoms with Crippen LogP contribution in [0.3, 0.4) is 0 Å². The first-order chi connectivity index (χ1) is 9.60. The number of hydrogen-bond donors (Lipinski definition) is 2. The fraction of sp³-hybridized carbons (Fsp3) is 0.312. The van der Waals surface area contributed by atoms with Gasteiger partial charge in [0.15, 0.2) is 0 Å². The summed E-state index contributed by atoms with van der Waals surface area (Å²) in [5.41, 5.74) is 8.41. The molecular weight excluding hydrogens is 288 g/mol. The summed E-state index contributed by atoms with van der Waals surface area (Å²) >= 11 is 0. The summed E-state index contributed by atoms with van der Waals surface area (Å²) in [5.74, 6) is 0.745. The quantitative estimate of drug-likeness (QED) is 0.892. The van der Waals surface area contributed by atoms with Crippen LogP contribution in [0.2, 0.25) is 0 Å². The van der Waals surface area contributed by atoms with Crippen molar-refractivity contribution in [3.63, 3.8) is 0 Å². The van der Waals surface area contributed by atoms with Crippen LogP contribution < -0.4 is 11.1 Å². The Kier molecular flexibility index (Phi) is 6.46. The van der Waals surface area contributed by atoms with E-state index in [2.05, 4.69) is 43.4 Å². The average molecular weight is 309 g/mol. The molecule has 2 rings (SSSR count). The molecule has 0 saturated heterocycles. The number of amides is 1. The fourth-order valence-electron chi connectivity index (χ4n) is 1.97. The highest BCUT2D eigenvalue weighted by Gasteiger charge is 2.11. The number of nitrogens with two attached hydrogens (primary N) is 1. The van der Waals surface area contributed by atoms with Crippen LogP contribution in [0.1, 0.15) is 40.1 Å². The van der Waals surface area contributed by atoms with Gasteiger partial charge >= 0.3 is 0 Å². The zero-order valence-electron chi connectivity index (χ0n) is 12.3. The van der Waals surface area contributed by atoms with E-state index in [1.807, 2.05) is 0 Å². The molecule has 0 aliphatic carbocycles. The minimum atomic E-state index is -0.132. The van der Waals surface area contributed by atoms with Gasteiger partial charge in [-0.1, -0.05) is 36.8 Å². The topological polar surface area (TPSA) is 68.3 Å². The van der Waals surface area contributed by atoms with E-state index in [0.29, 0.717) is 24.4 Å². The Bertz CT molecular complexity index is 578. The van der Waals surface area contributed by atoms with E-state index in [0.717, 1.165) is 0 Å². The van der Waals surface area contributed by atoms with Gasteiger partial charge in [-0.15, -0.1) is 12.4 Å². The molecule has 1 heterocycles. The van der Waals surface area contributed by atoms with Crippen molar-refractivity contribution < 1.29 is 9.21 Å². The summed E-state index contributed by atoms with van der Waals surface area (Å²) in [6, 6.07) is 10.0. The summed E-state index contributed by atoms with van der Waals surface area (Å²) in [6.45, 7) is 5.04. The first-order valence-corrected chi connectivity index (χ1v) is 6.72. The van der Waals surface area contributed by atoms with Crippen molar-refractivity contribution in [2.75, 3.05) is 6.54 Å². The SMILES string of the molecule is Cc1ccc(C(C)CNC(=O)c2coc(CN)c2)cc1.Cl. The Morgan fingerprint density at radius 2 is 2.00 bits per heavy atom. The Labute approximate surface area is 131 Å². The summed E-state index contributed by atoms with van der Waals surface area (Å²) < 4.78 is 5.15. The van der Waals surface area contributed by atoms with E-state index in [1.54, 1.807) is 6.07 Å². The van der Waals surface area contributed by atoms with Crippen molar-refractivity contribution >= 4 is 18.3 Å². The van der Waals surface area contributed by atoms with Gasteiger partial charge in [-0.3, -0.25) is 4.79 Å². The lowest BCUT2D eigenvalue weighted by atomic mass is 10.00. The van der Waals surface area contributed by atoms with Crippen molar-refractivity contribution in [1.29, 1.82) is 0 Å². The van der Waals surface area contributed by atoms with Gasteiger partial charge in [-0.05, 0) is 24.5 Å². The molecule has 0 spiro atoms. The molecule has 0 fully saturated rings. The van der Waals surface area contributed by atoms with Crippen LogP contribution >= 0.6 is 12.4 Å².